The minimum atomic E-state index is -1.25. The highest BCUT2D eigenvalue weighted by molar-refractivity contribution is 6.30. The lowest BCUT2D eigenvalue weighted by Gasteiger charge is -2.34. The van der Waals surface area contributed by atoms with Crippen molar-refractivity contribution in [2.75, 3.05) is 0 Å². The smallest absolute Gasteiger partial charge is 0.309 e. The Morgan fingerprint density at radius 1 is 1.19 bits per heavy atom. The lowest BCUT2D eigenvalue weighted by molar-refractivity contribution is -0.154. The third-order valence-corrected chi connectivity index (χ3v) is 8.26. The summed E-state index contributed by atoms with van der Waals surface area (Å²) < 4.78 is 11.9. The van der Waals surface area contributed by atoms with E-state index in [9.17, 15) is 19.8 Å². The van der Waals surface area contributed by atoms with Crippen LogP contribution in [0.4, 0.5) is 0 Å². The van der Waals surface area contributed by atoms with Crippen molar-refractivity contribution in [3.63, 3.8) is 0 Å². The molecule has 3 heterocycles. The number of cyclic esters (lactones) is 1. The van der Waals surface area contributed by atoms with Crippen molar-refractivity contribution in [2.45, 2.75) is 104 Å². The molecule has 0 aromatic carbocycles. The number of fused-ring (bicyclic) bond motifs is 1. The Morgan fingerprint density at radius 2 is 1.89 bits per heavy atom. The highest BCUT2D eigenvalue weighted by Gasteiger charge is 2.53. The molecule has 7 nitrogen and oxygen atoms in total. The predicted molar refractivity (Wildman–Crippen MR) is 138 cm³/mol. The number of hydrogen-bond donors (Lipinski definition) is 2. The lowest BCUT2D eigenvalue weighted by atomic mass is 9.73. The molecule has 0 radical (unpaired) electrons. The number of aromatic nitrogens is 1. The SMILES string of the molecule is C/C(=C\c1ccc(Cl)cn1)[C@@H]1CC2O[C@]2(C)CCC[C@H](C)[C@H](O)[C@@H](C)C(=O)C(C)(C)[C@@H](O)CC(=O)O1. The molecule has 2 saturated heterocycles. The van der Waals surface area contributed by atoms with Crippen molar-refractivity contribution >= 4 is 29.4 Å². The van der Waals surface area contributed by atoms with Crippen LogP contribution in [0.3, 0.4) is 0 Å². The number of aliphatic hydroxyl groups excluding tert-OH is 2. The zero-order chi connectivity index (χ0) is 26.8. The van der Waals surface area contributed by atoms with Gasteiger partial charge in [-0.25, -0.2) is 0 Å². The fourth-order valence-corrected chi connectivity index (χ4v) is 5.20. The van der Waals surface area contributed by atoms with E-state index in [1.165, 1.54) is 0 Å². The van der Waals surface area contributed by atoms with Gasteiger partial charge in [0.2, 0.25) is 0 Å². The molecule has 2 fully saturated rings. The number of ether oxygens (including phenoxy) is 2. The molecule has 7 atom stereocenters. The summed E-state index contributed by atoms with van der Waals surface area (Å²) in [6.45, 7) is 10.8. The summed E-state index contributed by atoms with van der Waals surface area (Å²) in [6.07, 6.45) is 3.23. The van der Waals surface area contributed by atoms with E-state index in [2.05, 4.69) is 11.9 Å². The van der Waals surface area contributed by atoms with E-state index in [0.717, 1.165) is 24.8 Å². The van der Waals surface area contributed by atoms with Crippen molar-refractivity contribution in [3.8, 4) is 0 Å². The maximum Gasteiger partial charge on any atom is 0.309 e. The highest BCUT2D eigenvalue weighted by Crippen LogP contribution is 2.45. The summed E-state index contributed by atoms with van der Waals surface area (Å²) in [6, 6.07) is 3.53. The third kappa shape index (κ3) is 6.74. The number of aliphatic hydroxyl groups is 2. The second-order valence-electron chi connectivity index (χ2n) is 11.4. The van der Waals surface area contributed by atoms with Gasteiger partial charge in [0, 0.05) is 18.5 Å². The standard InChI is InChI=1S/C28H40ClNO6/c1-16-8-7-11-28(6)23(36-28)13-21(17(2)12-20-10-9-19(29)15-30-20)35-24(32)14-22(31)27(4,5)26(34)18(3)25(16)33/h9-10,12,15-16,18,21-23,25,31,33H,7-8,11,13-14H2,1-6H3/b17-12+/t16-,18+,21-,22-,23?,25-,28+/m0/s1. The molecule has 2 N–H and O–H groups in total. The van der Waals surface area contributed by atoms with Gasteiger partial charge in [0.25, 0.3) is 0 Å². The van der Waals surface area contributed by atoms with Gasteiger partial charge in [0.1, 0.15) is 11.9 Å². The maximum absolute atomic E-state index is 13.2. The quantitative estimate of drug-likeness (QED) is 0.426. The van der Waals surface area contributed by atoms with E-state index in [-0.39, 0.29) is 29.8 Å². The molecule has 0 bridgehead atoms. The average molecular weight is 522 g/mol. The molecule has 200 valence electrons. The first kappa shape index (κ1) is 28.8. The van der Waals surface area contributed by atoms with Gasteiger partial charge < -0.3 is 19.7 Å². The van der Waals surface area contributed by atoms with Crippen LogP contribution in [-0.2, 0) is 19.1 Å². The van der Waals surface area contributed by atoms with Crippen LogP contribution in [0, 0.1) is 17.3 Å². The molecular formula is C28H40ClNO6. The number of nitrogens with zero attached hydrogens (tertiary/aromatic N) is 1. The van der Waals surface area contributed by atoms with Gasteiger partial charge in [-0.1, -0.05) is 45.7 Å². The Hall–Kier alpha value is -1.80. The molecule has 36 heavy (non-hydrogen) atoms. The molecule has 0 saturated carbocycles. The summed E-state index contributed by atoms with van der Waals surface area (Å²) in [4.78, 5) is 30.5. The Morgan fingerprint density at radius 3 is 2.53 bits per heavy atom. The topological polar surface area (TPSA) is 109 Å². The van der Waals surface area contributed by atoms with E-state index in [0.29, 0.717) is 17.1 Å². The van der Waals surface area contributed by atoms with Gasteiger partial charge in [0.05, 0.1) is 46.5 Å². The zero-order valence-corrected chi connectivity index (χ0v) is 22.9. The van der Waals surface area contributed by atoms with E-state index in [1.54, 1.807) is 39.1 Å². The number of epoxide rings is 1. The van der Waals surface area contributed by atoms with Gasteiger partial charge in [0.15, 0.2) is 0 Å². The number of esters is 1. The highest BCUT2D eigenvalue weighted by atomic mass is 35.5. The molecule has 8 heteroatoms. The number of rotatable bonds is 2. The van der Waals surface area contributed by atoms with Crippen LogP contribution >= 0.6 is 11.6 Å². The van der Waals surface area contributed by atoms with Crippen LogP contribution < -0.4 is 0 Å². The van der Waals surface area contributed by atoms with Crippen LogP contribution in [0.2, 0.25) is 5.02 Å². The monoisotopic (exact) mass is 521 g/mol. The van der Waals surface area contributed by atoms with E-state index in [1.807, 2.05) is 19.9 Å². The Kier molecular flexibility index (Phi) is 9.03. The molecule has 0 spiro atoms. The number of Topliss-reactive ketones (excluding diaryl/α,β-unsaturated/α-hetero) is 1. The fourth-order valence-electron chi connectivity index (χ4n) is 5.09. The Bertz CT molecular complexity index is 977. The van der Waals surface area contributed by atoms with Gasteiger partial charge in [-0.15, -0.1) is 0 Å². The first-order chi connectivity index (χ1) is 16.7. The first-order valence-electron chi connectivity index (χ1n) is 12.8. The summed E-state index contributed by atoms with van der Waals surface area (Å²) in [5.41, 5.74) is -0.0592. The van der Waals surface area contributed by atoms with Crippen LogP contribution in [-0.4, -0.2) is 57.0 Å². The van der Waals surface area contributed by atoms with Gasteiger partial charge in [-0.2, -0.15) is 0 Å². The summed E-state index contributed by atoms with van der Waals surface area (Å²) in [7, 11) is 0. The number of carbonyl (C=O) groups excluding carboxylic acids is 2. The number of ketones is 1. The molecule has 1 aromatic heterocycles. The third-order valence-electron chi connectivity index (χ3n) is 8.04. The minimum Gasteiger partial charge on any atom is -0.458 e. The van der Waals surface area contributed by atoms with Gasteiger partial charge in [-0.05, 0) is 56.4 Å². The Balaban J connectivity index is 1.86. The van der Waals surface area contributed by atoms with E-state index in [4.69, 9.17) is 21.1 Å². The Labute approximate surface area is 219 Å². The summed E-state index contributed by atoms with van der Waals surface area (Å²) in [5, 5.41) is 22.2. The summed E-state index contributed by atoms with van der Waals surface area (Å²) in [5.74, 6) is -1.62. The van der Waals surface area contributed by atoms with Gasteiger partial charge >= 0.3 is 5.97 Å². The number of carbonyl (C=O) groups is 2. The van der Waals surface area contributed by atoms with Crippen LogP contribution in [0.25, 0.3) is 6.08 Å². The second-order valence-corrected chi connectivity index (χ2v) is 11.8. The summed E-state index contributed by atoms with van der Waals surface area (Å²) >= 11 is 5.95. The van der Waals surface area contributed by atoms with Crippen LogP contribution in [0.1, 0.15) is 79.3 Å². The first-order valence-corrected chi connectivity index (χ1v) is 13.2. The van der Waals surface area contributed by atoms with Crippen molar-refractivity contribution in [1.82, 2.24) is 4.98 Å². The average Bonchev–Trinajstić information content (AvgIpc) is 3.46. The number of hydrogen-bond acceptors (Lipinski definition) is 7. The fraction of sp³-hybridized carbons (Fsp3) is 0.679. The van der Waals surface area contributed by atoms with Crippen molar-refractivity contribution in [3.05, 3.63) is 34.6 Å². The molecule has 1 aromatic rings. The number of halogens is 1. The second kappa shape index (κ2) is 11.3. The predicted octanol–water partition coefficient (Wildman–Crippen LogP) is 4.76. The number of pyridine rings is 1. The zero-order valence-electron chi connectivity index (χ0n) is 22.2. The van der Waals surface area contributed by atoms with Crippen molar-refractivity contribution < 1.29 is 29.3 Å². The molecular weight excluding hydrogens is 482 g/mol. The normalized spacial score (nSPS) is 36.6. The van der Waals surface area contributed by atoms with Crippen molar-refractivity contribution in [1.29, 1.82) is 0 Å². The maximum atomic E-state index is 13.2. The van der Waals surface area contributed by atoms with E-state index >= 15 is 0 Å². The van der Waals surface area contributed by atoms with Gasteiger partial charge in [-0.3, -0.25) is 14.6 Å². The molecule has 2 aliphatic heterocycles. The van der Waals surface area contributed by atoms with E-state index < -0.39 is 35.6 Å². The molecule has 0 aliphatic carbocycles. The van der Waals surface area contributed by atoms with Crippen LogP contribution in [0.15, 0.2) is 23.9 Å². The van der Waals surface area contributed by atoms with Crippen LogP contribution in [0.5, 0.6) is 0 Å². The molecule has 0 amide bonds. The minimum absolute atomic E-state index is 0.0770. The molecule has 3 rings (SSSR count). The lowest BCUT2D eigenvalue weighted by Crippen LogP contribution is -2.45. The van der Waals surface area contributed by atoms with Crippen molar-refractivity contribution in [2.24, 2.45) is 17.3 Å². The molecule has 2 aliphatic rings. The molecule has 1 unspecified atom stereocenters. The largest absolute Gasteiger partial charge is 0.458 e.